The van der Waals surface area contributed by atoms with Gasteiger partial charge in [0.15, 0.2) is 0 Å². The van der Waals surface area contributed by atoms with Crippen LogP contribution in [-0.2, 0) is 4.79 Å². The van der Waals surface area contributed by atoms with Crippen molar-refractivity contribution in [1.29, 1.82) is 0 Å². The summed E-state index contributed by atoms with van der Waals surface area (Å²) in [5, 5.41) is 31.8. The minimum absolute atomic E-state index is 0.137. The molecule has 15 heavy (non-hydrogen) atoms. The summed E-state index contributed by atoms with van der Waals surface area (Å²) in [5.74, 6) is -1.14. The van der Waals surface area contributed by atoms with Gasteiger partial charge in [-0.1, -0.05) is 0 Å². The van der Waals surface area contributed by atoms with Crippen LogP contribution in [0.25, 0.3) is 0 Å². The molecule has 3 atom stereocenters. The SMILES string of the molecule is C1CCNC1.O=C(O)[C@H]1NC[C@@H](O)[C@@H]1O. The van der Waals surface area contributed by atoms with Crippen molar-refractivity contribution in [3.63, 3.8) is 0 Å². The largest absolute Gasteiger partial charge is 0.480 e. The van der Waals surface area contributed by atoms with E-state index in [9.17, 15) is 4.79 Å². The molecular formula is C9H18N2O4. The van der Waals surface area contributed by atoms with Gasteiger partial charge in [-0.2, -0.15) is 0 Å². The molecule has 2 saturated heterocycles. The van der Waals surface area contributed by atoms with E-state index >= 15 is 0 Å². The van der Waals surface area contributed by atoms with Crippen LogP contribution in [0.4, 0.5) is 0 Å². The van der Waals surface area contributed by atoms with Gasteiger partial charge in [-0.3, -0.25) is 10.1 Å². The monoisotopic (exact) mass is 218 g/mol. The number of carbonyl (C=O) groups is 1. The predicted octanol–water partition coefficient (Wildman–Crippen LogP) is -1.87. The molecule has 0 aromatic carbocycles. The van der Waals surface area contributed by atoms with Crippen LogP contribution in [0.3, 0.4) is 0 Å². The maximum absolute atomic E-state index is 10.2. The molecule has 5 N–H and O–H groups in total. The van der Waals surface area contributed by atoms with Crippen LogP contribution in [0, 0.1) is 0 Å². The van der Waals surface area contributed by atoms with E-state index < -0.39 is 24.2 Å². The fourth-order valence-electron chi connectivity index (χ4n) is 1.57. The summed E-state index contributed by atoms with van der Waals surface area (Å²) in [4.78, 5) is 10.2. The van der Waals surface area contributed by atoms with Crippen LogP contribution in [0.5, 0.6) is 0 Å². The Morgan fingerprint density at radius 2 is 1.80 bits per heavy atom. The smallest absolute Gasteiger partial charge is 0.323 e. The Morgan fingerprint density at radius 3 is 2.00 bits per heavy atom. The molecule has 0 aromatic rings. The molecule has 0 aliphatic carbocycles. The number of aliphatic carboxylic acids is 1. The average molecular weight is 218 g/mol. The van der Waals surface area contributed by atoms with Crippen LogP contribution >= 0.6 is 0 Å². The Labute approximate surface area is 88.3 Å². The minimum atomic E-state index is -1.18. The van der Waals surface area contributed by atoms with E-state index in [0.717, 1.165) is 0 Å². The molecule has 2 fully saturated rings. The van der Waals surface area contributed by atoms with E-state index in [4.69, 9.17) is 15.3 Å². The Hall–Kier alpha value is -0.690. The van der Waals surface area contributed by atoms with Crippen LogP contribution < -0.4 is 10.6 Å². The third-order valence-electron chi connectivity index (χ3n) is 2.51. The van der Waals surface area contributed by atoms with E-state index in [1.807, 2.05) is 0 Å². The van der Waals surface area contributed by atoms with E-state index in [2.05, 4.69) is 10.6 Å². The molecule has 0 unspecified atom stereocenters. The first-order chi connectivity index (χ1) is 7.13. The molecule has 0 amide bonds. The summed E-state index contributed by atoms with van der Waals surface area (Å²) in [6.45, 7) is 2.64. The van der Waals surface area contributed by atoms with E-state index in [1.165, 1.54) is 25.9 Å². The first-order valence-electron chi connectivity index (χ1n) is 5.16. The molecule has 2 aliphatic heterocycles. The van der Waals surface area contributed by atoms with Gasteiger partial charge in [-0.05, 0) is 25.9 Å². The Kier molecular flexibility index (Phi) is 4.97. The molecule has 0 spiro atoms. The quantitative estimate of drug-likeness (QED) is 0.353. The van der Waals surface area contributed by atoms with E-state index in [1.54, 1.807) is 0 Å². The van der Waals surface area contributed by atoms with Crippen molar-refractivity contribution in [3.8, 4) is 0 Å². The Bertz CT molecular complexity index is 201. The first kappa shape index (κ1) is 12.4. The zero-order chi connectivity index (χ0) is 11.3. The highest BCUT2D eigenvalue weighted by Gasteiger charge is 2.37. The first-order valence-corrected chi connectivity index (χ1v) is 5.16. The van der Waals surface area contributed by atoms with Crippen molar-refractivity contribution in [2.24, 2.45) is 0 Å². The summed E-state index contributed by atoms with van der Waals surface area (Å²) in [6.07, 6.45) is 0.638. The molecule has 2 heterocycles. The normalized spacial score (nSPS) is 34.7. The van der Waals surface area contributed by atoms with Crippen molar-refractivity contribution in [1.82, 2.24) is 10.6 Å². The van der Waals surface area contributed by atoms with Crippen molar-refractivity contribution in [2.75, 3.05) is 19.6 Å². The van der Waals surface area contributed by atoms with Gasteiger partial charge in [-0.25, -0.2) is 0 Å². The second-order valence-corrected chi connectivity index (χ2v) is 3.74. The summed E-state index contributed by atoms with van der Waals surface area (Å²) >= 11 is 0. The van der Waals surface area contributed by atoms with Gasteiger partial charge in [0.1, 0.15) is 12.1 Å². The molecule has 0 saturated carbocycles. The molecule has 88 valence electrons. The molecule has 2 rings (SSSR count). The third-order valence-corrected chi connectivity index (χ3v) is 2.51. The molecule has 0 bridgehead atoms. The van der Waals surface area contributed by atoms with Gasteiger partial charge < -0.3 is 20.6 Å². The number of β-amino-alcohol motifs (C(OH)–C–C–N with tert-alkyl or cyclic N) is 1. The summed E-state index contributed by atoms with van der Waals surface area (Å²) in [5.41, 5.74) is 0. The van der Waals surface area contributed by atoms with Crippen LogP contribution in [-0.4, -0.2) is 59.2 Å². The van der Waals surface area contributed by atoms with Crippen molar-refractivity contribution < 1.29 is 20.1 Å². The lowest BCUT2D eigenvalue weighted by Gasteiger charge is -2.09. The van der Waals surface area contributed by atoms with Crippen LogP contribution in [0.2, 0.25) is 0 Å². The molecule has 2 aliphatic rings. The standard InChI is InChI=1S/C5H9NO4.C4H9N/c7-2-1-6-3(4(2)8)5(9)10;1-2-4-5-3-1/h2-4,6-8H,1H2,(H,9,10);5H,1-4H2/t2-,3+,4+;/m1./s1. The number of carboxylic acids is 1. The lowest BCUT2D eigenvalue weighted by atomic mass is 10.1. The lowest BCUT2D eigenvalue weighted by molar-refractivity contribution is -0.142. The molecule has 0 aromatic heterocycles. The van der Waals surface area contributed by atoms with Gasteiger partial charge in [0, 0.05) is 6.54 Å². The number of hydrogen-bond acceptors (Lipinski definition) is 5. The summed E-state index contributed by atoms with van der Waals surface area (Å²) in [6, 6.07) is -1.02. The van der Waals surface area contributed by atoms with Gasteiger partial charge >= 0.3 is 5.97 Å². The zero-order valence-electron chi connectivity index (χ0n) is 8.52. The lowest BCUT2D eigenvalue weighted by Crippen LogP contribution is -2.39. The number of aliphatic hydroxyl groups is 2. The van der Waals surface area contributed by atoms with Crippen molar-refractivity contribution in [2.45, 2.75) is 31.1 Å². The predicted molar refractivity (Wildman–Crippen MR) is 53.5 cm³/mol. The van der Waals surface area contributed by atoms with Gasteiger partial charge in [0.05, 0.1) is 6.10 Å². The molecular weight excluding hydrogens is 200 g/mol. The number of rotatable bonds is 1. The highest BCUT2D eigenvalue weighted by atomic mass is 16.4. The number of aliphatic hydroxyl groups excluding tert-OH is 2. The van der Waals surface area contributed by atoms with E-state index in [0.29, 0.717) is 0 Å². The fourth-order valence-corrected chi connectivity index (χ4v) is 1.57. The third kappa shape index (κ3) is 3.75. The maximum atomic E-state index is 10.2. The van der Waals surface area contributed by atoms with Gasteiger partial charge in [0.25, 0.3) is 0 Å². The maximum Gasteiger partial charge on any atom is 0.323 e. The van der Waals surface area contributed by atoms with Gasteiger partial charge in [0.2, 0.25) is 0 Å². The minimum Gasteiger partial charge on any atom is -0.480 e. The zero-order valence-corrected chi connectivity index (χ0v) is 8.52. The fraction of sp³-hybridized carbons (Fsp3) is 0.889. The Balaban J connectivity index is 0.000000187. The highest BCUT2D eigenvalue weighted by molar-refractivity contribution is 5.74. The van der Waals surface area contributed by atoms with Crippen LogP contribution in [0.15, 0.2) is 0 Å². The molecule has 6 heteroatoms. The Morgan fingerprint density at radius 1 is 1.20 bits per heavy atom. The summed E-state index contributed by atoms with van der Waals surface area (Å²) in [7, 11) is 0. The molecule has 6 nitrogen and oxygen atoms in total. The number of hydrogen-bond donors (Lipinski definition) is 5. The topological polar surface area (TPSA) is 102 Å². The second kappa shape index (κ2) is 6.02. The van der Waals surface area contributed by atoms with Crippen LogP contribution in [0.1, 0.15) is 12.8 Å². The second-order valence-electron chi connectivity index (χ2n) is 3.74. The van der Waals surface area contributed by atoms with Crippen molar-refractivity contribution in [3.05, 3.63) is 0 Å². The van der Waals surface area contributed by atoms with Crippen molar-refractivity contribution >= 4 is 5.97 Å². The number of carboxylic acid groups (broad SMARTS) is 1. The highest BCUT2D eigenvalue weighted by Crippen LogP contribution is 2.06. The average Bonchev–Trinajstić information content (AvgIpc) is 2.81. The molecule has 0 radical (unpaired) electrons. The van der Waals surface area contributed by atoms with E-state index in [-0.39, 0.29) is 6.54 Å². The number of nitrogens with one attached hydrogen (secondary N) is 2. The summed E-state index contributed by atoms with van der Waals surface area (Å²) < 4.78 is 0. The van der Waals surface area contributed by atoms with Gasteiger partial charge in [-0.15, -0.1) is 0 Å².